The van der Waals surface area contributed by atoms with Gasteiger partial charge in [-0.25, -0.2) is 5.43 Å². The summed E-state index contributed by atoms with van der Waals surface area (Å²) in [6.07, 6.45) is 1.50. The van der Waals surface area contributed by atoms with Crippen molar-refractivity contribution in [3.05, 3.63) is 75.9 Å². The quantitative estimate of drug-likeness (QED) is 0.548. The predicted octanol–water partition coefficient (Wildman–Crippen LogP) is 4.11. The molecule has 0 radical (unpaired) electrons. The normalized spacial score (nSPS) is 11.0. The molecule has 0 fully saturated rings. The van der Waals surface area contributed by atoms with Gasteiger partial charge < -0.3 is 0 Å². The summed E-state index contributed by atoms with van der Waals surface area (Å²) in [6.45, 7) is 4.10. The van der Waals surface area contributed by atoms with Crippen LogP contribution in [-0.4, -0.2) is 22.3 Å². The van der Waals surface area contributed by atoms with E-state index in [0.29, 0.717) is 16.4 Å². The van der Waals surface area contributed by atoms with Gasteiger partial charge in [-0.15, -0.1) is 0 Å². The van der Waals surface area contributed by atoms with E-state index >= 15 is 0 Å². The van der Waals surface area contributed by atoms with Crippen LogP contribution in [0.2, 0.25) is 5.02 Å². The maximum atomic E-state index is 12.2. The molecule has 3 aromatic rings. The van der Waals surface area contributed by atoms with Crippen molar-refractivity contribution < 1.29 is 4.79 Å². The van der Waals surface area contributed by atoms with Gasteiger partial charge >= 0.3 is 0 Å². The van der Waals surface area contributed by atoms with Crippen molar-refractivity contribution in [1.29, 1.82) is 0 Å². The minimum atomic E-state index is -0.370. The Labute approximate surface area is 150 Å². The third kappa shape index (κ3) is 3.95. The molecule has 0 aliphatic heterocycles. The average Bonchev–Trinajstić information content (AvgIpc) is 3.09. The van der Waals surface area contributed by atoms with E-state index in [0.717, 1.165) is 11.1 Å². The molecule has 2 N–H and O–H groups in total. The van der Waals surface area contributed by atoms with Crippen molar-refractivity contribution in [2.75, 3.05) is 0 Å². The number of halogens is 1. The lowest BCUT2D eigenvalue weighted by Gasteiger charge is -2.01. The first-order valence-corrected chi connectivity index (χ1v) is 8.13. The summed E-state index contributed by atoms with van der Waals surface area (Å²) in [4.78, 5) is 12.2. The fourth-order valence-corrected chi connectivity index (χ4v) is 2.47. The molecule has 25 heavy (non-hydrogen) atoms. The number of carbonyl (C=O) groups excluding carboxylic acids is 1. The Kier molecular flexibility index (Phi) is 4.95. The van der Waals surface area contributed by atoms with Gasteiger partial charge in [-0.2, -0.15) is 10.2 Å². The third-order valence-corrected chi connectivity index (χ3v) is 4.24. The fraction of sp³-hybridized carbons (Fsp3) is 0.105. The first kappa shape index (κ1) is 16.9. The number of nitrogens with one attached hydrogen (secondary N) is 2. The van der Waals surface area contributed by atoms with Crippen LogP contribution in [0.1, 0.15) is 27.2 Å². The summed E-state index contributed by atoms with van der Waals surface area (Å²) >= 11 is 6.03. The second kappa shape index (κ2) is 7.32. The zero-order chi connectivity index (χ0) is 17.8. The minimum Gasteiger partial charge on any atom is -0.272 e. The molecule has 0 unspecified atom stereocenters. The van der Waals surface area contributed by atoms with E-state index in [9.17, 15) is 4.79 Å². The van der Waals surface area contributed by atoms with E-state index in [4.69, 9.17) is 11.6 Å². The molecule has 6 heteroatoms. The number of amides is 1. The van der Waals surface area contributed by atoms with Crippen molar-refractivity contribution in [3.8, 4) is 11.3 Å². The van der Waals surface area contributed by atoms with Gasteiger partial charge in [-0.1, -0.05) is 41.9 Å². The summed E-state index contributed by atoms with van der Waals surface area (Å²) in [6, 6.07) is 15.0. The highest BCUT2D eigenvalue weighted by Gasteiger charge is 2.11. The minimum absolute atomic E-state index is 0.338. The number of benzene rings is 2. The predicted molar refractivity (Wildman–Crippen MR) is 100 cm³/mol. The van der Waals surface area contributed by atoms with Crippen molar-refractivity contribution in [1.82, 2.24) is 15.6 Å². The number of rotatable bonds is 4. The van der Waals surface area contributed by atoms with Gasteiger partial charge in [0.15, 0.2) is 0 Å². The molecule has 2 aromatic carbocycles. The number of hydrogen-bond donors (Lipinski definition) is 2. The van der Waals surface area contributed by atoms with Crippen LogP contribution in [0.3, 0.4) is 0 Å². The van der Waals surface area contributed by atoms with Crippen molar-refractivity contribution >= 4 is 23.7 Å². The first-order valence-electron chi connectivity index (χ1n) is 7.75. The molecule has 1 heterocycles. The lowest BCUT2D eigenvalue weighted by Crippen LogP contribution is -2.18. The number of nitrogens with zero attached hydrogens (tertiary/aromatic N) is 2. The van der Waals surface area contributed by atoms with Crippen molar-refractivity contribution in [2.45, 2.75) is 13.8 Å². The molecule has 126 valence electrons. The van der Waals surface area contributed by atoms with Crippen LogP contribution in [0.15, 0.2) is 53.6 Å². The summed E-state index contributed by atoms with van der Waals surface area (Å²) < 4.78 is 0. The summed E-state index contributed by atoms with van der Waals surface area (Å²) in [5, 5.41) is 11.4. The Morgan fingerprint density at radius 3 is 2.72 bits per heavy atom. The topological polar surface area (TPSA) is 70.1 Å². The third-order valence-electron chi connectivity index (χ3n) is 3.90. The Bertz CT molecular complexity index is 946. The Morgan fingerprint density at radius 1 is 1.16 bits per heavy atom. The van der Waals surface area contributed by atoms with Gasteiger partial charge in [0.25, 0.3) is 5.91 Å². The van der Waals surface area contributed by atoms with E-state index < -0.39 is 0 Å². The van der Waals surface area contributed by atoms with Crippen LogP contribution in [0.25, 0.3) is 11.3 Å². The number of H-pyrrole nitrogens is 1. The molecular formula is C19H17ClN4O. The highest BCUT2D eigenvalue weighted by atomic mass is 35.5. The standard InChI is InChI=1S/C19H17ClN4O/c1-12-7-8-14(9-13(12)2)17-10-18(23-22-17)19(25)24-21-11-15-5-3-4-6-16(15)20/h3-11H,1-2H3,(H,22,23)(H,24,25). The molecule has 1 amide bonds. The van der Waals surface area contributed by atoms with Crippen molar-refractivity contribution in [2.24, 2.45) is 5.10 Å². The Balaban J connectivity index is 1.70. The SMILES string of the molecule is Cc1ccc(-c2cc(C(=O)NN=Cc3ccccc3Cl)[nH]n2)cc1C. The number of aromatic amines is 1. The molecule has 0 atom stereocenters. The average molecular weight is 353 g/mol. The van der Waals surface area contributed by atoms with Crippen LogP contribution >= 0.6 is 11.6 Å². The molecule has 1 aromatic heterocycles. The Morgan fingerprint density at radius 2 is 1.96 bits per heavy atom. The first-order chi connectivity index (χ1) is 12.0. The smallest absolute Gasteiger partial charge is 0.272 e. The zero-order valence-corrected chi connectivity index (χ0v) is 14.6. The number of hydrogen-bond acceptors (Lipinski definition) is 3. The molecular weight excluding hydrogens is 336 g/mol. The molecule has 0 bridgehead atoms. The highest BCUT2D eigenvalue weighted by molar-refractivity contribution is 6.33. The van der Waals surface area contributed by atoms with Gasteiger partial charge in [0.1, 0.15) is 5.69 Å². The number of aromatic nitrogens is 2. The summed E-state index contributed by atoms with van der Waals surface area (Å²) in [5.41, 5.74) is 7.58. The van der Waals surface area contributed by atoms with Crippen LogP contribution in [0.4, 0.5) is 0 Å². The molecule has 0 saturated carbocycles. The second-order valence-electron chi connectivity index (χ2n) is 5.69. The van der Waals surface area contributed by atoms with Crippen molar-refractivity contribution in [3.63, 3.8) is 0 Å². The molecule has 0 aliphatic carbocycles. The molecule has 0 aliphatic rings. The van der Waals surface area contributed by atoms with Gasteiger partial charge in [0.05, 0.1) is 11.9 Å². The monoisotopic (exact) mass is 352 g/mol. The van der Waals surface area contributed by atoms with Gasteiger partial charge in [-0.05, 0) is 43.2 Å². The highest BCUT2D eigenvalue weighted by Crippen LogP contribution is 2.20. The zero-order valence-electron chi connectivity index (χ0n) is 13.9. The van der Waals surface area contributed by atoms with Gasteiger partial charge in [0, 0.05) is 16.1 Å². The Hall–Kier alpha value is -2.92. The summed E-state index contributed by atoms with van der Waals surface area (Å²) in [5.74, 6) is -0.370. The van der Waals surface area contributed by atoms with Gasteiger partial charge in [-0.3, -0.25) is 9.89 Å². The molecule has 0 spiro atoms. The molecule has 0 saturated heterocycles. The van der Waals surface area contributed by atoms with Crippen LogP contribution in [-0.2, 0) is 0 Å². The summed E-state index contributed by atoms with van der Waals surface area (Å²) in [7, 11) is 0. The van der Waals surface area contributed by atoms with Crippen LogP contribution < -0.4 is 5.43 Å². The molecule has 5 nitrogen and oxygen atoms in total. The van der Waals surface area contributed by atoms with E-state index in [1.54, 1.807) is 12.1 Å². The molecule has 3 rings (SSSR count). The maximum absolute atomic E-state index is 12.2. The van der Waals surface area contributed by atoms with E-state index in [2.05, 4.69) is 27.6 Å². The van der Waals surface area contributed by atoms with E-state index in [1.807, 2.05) is 43.3 Å². The maximum Gasteiger partial charge on any atom is 0.289 e. The number of aryl methyl sites for hydroxylation is 2. The van der Waals surface area contributed by atoms with Gasteiger partial charge in [0.2, 0.25) is 0 Å². The lowest BCUT2D eigenvalue weighted by molar-refractivity contribution is 0.0950. The number of hydrazone groups is 1. The van der Waals surface area contributed by atoms with E-state index in [1.165, 1.54) is 17.3 Å². The van der Waals surface area contributed by atoms with Crippen LogP contribution in [0.5, 0.6) is 0 Å². The van der Waals surface area contributed by atoms with E-state index in [-0.39, 0.29) is 5.91 Å². The lowest BCUT2D eigenvalue weighted by atomic mass is 10.0. The second-order valence-corrected chi connectivity index (χ2v) is 6.09. The largest absolute Gasteiger partial charge is 0.289 e. The fourth-order valence-electron chi connectivity index (χ4n) is 2.29. The number of carbonyl (C=O) groups is 1. The van der Waals surface area contributed by atoms with Crippen LogP contribution in [0, 0.1) is 13.8 Å².